The smallest absolute Gasteiger partial charge is 0.253 e. The first kappa shape index (κ1) is 13.8. The molecular weight excluding hydrogens is 258 g/mol. The van der Waals surface area contributed by atoms with Gasteiger partial charge in [-0.25, -0.2) is 4.98 Å². The molecule has 0 saturated carbocycles. The summed E-state index contributed by atoms with van der Waals surface area (Å²) in [6, 6.07) is 5.17. The predicted molar refractivity (Wildman–Crippen MR) is 74.0 cm³/mol. The minimum Gasteiger partial charge on any atom is -0.481 e. The van der Waals surface area contributed by atoms with E-state index in [-0.39, 0.29) is 5.91 Å². The fraction of sp³-hybridized carbons (Fsp3) is 0.154. The van der Waals surface area contributed by atoms with Crippen molar-refractivity contribution < 1.29 is 9.53 Å². The summed E-state index contributed by atoms with van der Waals surface area (Å²) in [5.41, 5.74) is 4.21. The van der Waals surface area contributed by atoms with Crippen molar-refractivity contribution in [2.24, 2.45) is 5.84 Å². The molecule has 0 spiro atoms. The highest BCUT2D eigenvalue weighted by Crippen LogP contribution is 2.12. The zero-order valence-electron chi connectivity index (χ0n) is 11.0. The summed E-state index contributed by atoms with van der Waals surface area (Å²) in [4.78, 5) is 20.0. The molecule has 0 atom stereocenters. The molecule has 0 aliphatic carbocycles. The summed E-state index contributed by atoms with van der Waals surface area (Å²) in [7, 11) is 1.55. The second-order valence-electron chi connectivity index (χ2n) is 3.96. The number of carbonyl (C=O) groups excluding carboxylic acids is 1. The molecule has 0 aromatic carbocycles. The number of rotatable bonds is 5. The van der Waals surface area contributed by atoms with Crippen molar-refractivity contribution in [1.82, 2.24) is 15.3 Å². The largest absolute Gasteiger partial charge is 0.481 e. The minimum atomic E-state index is -0.240. The Morgan fingerprint density at radius 3 is 2.85 bits per heavy atom. The summed E-state index contributed by atoms with van der Waals surface area (Å²) in [6.07, 6.45) is 4.67. The Morgan fingerprint density at radius 1 is 1.35 bits per heavy atom. The van der Waals surface area contributed by atoms with Gasteiger partial charge >= 0.3 is 0 Å². The number of nitrogens with zero attached hydrogens (tertiary/aromatic N) is 2. The Kier molecular flexibility index (Phi) is 4.46. The average molecular weight is 273 g/mol. The Morgan fingerprint density at radius 2 is 2.20 bits per heavy atom. The van der Waals surface area contributed by atoms with Gasteiger partial charge in [0.25, 0.3) is 5.91 Å². The van der Waals surface area contributed by atoms with Gasteiger partial charge in [0, 0.05) is 25.0 Å². The SMILES string of the molecule is COc1ccc(CNC(=O)c2ccncc2NN)cn1. The van der Waals surface area contributed by atoms with E-state index in [1.165, 1.54) is 12.4 Å². The van der Waals surface area contributed by atoms with Gasteiger partial charge in [-0.15, -0.1) is 0 Å². The van der Waals surface area contributed by atoms with Gasteiger partial charge in [-0.05, 0) is 11.6 Å². The van der Waals surface area contributed by atoms with E-state index >= 15 is 0 Å². The van der Waals surface area contributed by atoms with E-state index in [0.29, 0.717) is 23.7 Å². The monoisotopic (exact) mass is 273 g/mol. The third kappa shape index (κ3) is 3.21. The minimum absolute atomic E-state index is 0.240. The molecule has 4 N–H and O–H groups in total. The van der Waals surface area contributed by atoms with Crippen LogP contribution in [0.25, 0.3) is 0 Å². The fourth-order valence-corrected chi connectivity index (χ4v) is 1.62. The number of nitrogens with one attached hydrogen (secondary N) is 2. The fourth-order valence-electron chi connectivity index (χ4n) is 1.62. The van der Waals surface area contributed by atoms with E-state index in [2.05, 4.69) is 20.7 Å². The van der Waals surface area contributed by atoms with Crippen LogP contribution < -0.4 is 21.3 Å². The molecule has 2 heterocycles. The van der Waals surface area contributed by atoms with E-state index in [0.717, 1.165) is 5.56 Å². The summed E-state index contributed by atoms with van der Waals surface area (Å²) < 4.78 is 4.97. The summed E-state index contributed by atoms with van der Waals surface area (Å²) in [5.74, 6) is 5.63. The lowest BCUT2D eigenvalue weighted by Crippen LogP contribution is -2.25. The third-order valence-corrected chi connectivity index (χ3v) is 2.68. The van der Waals surface area contributed by atoms with Crippen molar-refractivity contribution in [1.29, 1.82) is 0 Å². The molecule has 7 nitrogen and oxygen atoms in total. The molecule has 2 rings (SSSR count). The van der Waals surface area contributed by atoms with Gasteiger partial charge in [-0.2, -0.15) is 0 Å². The predicted octanol–water partition coefficient (Wildman–Crippen LogP) is 0.701. The normalized spacial score (nSPS) is 9.90. The van der Waals surface area contributed by atoms with Crippen molar-refractivity contribution in [3.63, 3.8) is 0 Å². The second kappa shape index (κ2) is 6.48. The van der Waals surface area contributed by atoms with E-state index in [9.17, 15) is 4.79 Å². The highest BCUT2D eigenvalue weighted by atomic mass is 16.5. The number of amides is 1. The molecule has 0 fully saturated rings. The van der Waals surface area contributed by atoms with Crippen LogP contribution in [0.15, 0.2) is 36.8 Å². The molecule has 7 heteroatoms. The topological polar surface area (TPSA) is 102 Å². The van der Waals surface area contributed by atoms with E-state index < -0.39 is 0 Å². The van der Waals surface area contributed by atoms with Crippen LogP contribution in [0.2, 0.25) is 0 Å². The molecule has 20 heavy (non-hydrogen) atoms. The van der Waals surface area contributed by atoms with Crippen molar-refractivity contribution >= 4 is 11.6 Å². The summed E-state index contributed by atoms with van der Waals surface area (Å²) in [6.45, 7) is 0.363. The van der Waals surface area contributed by atoms with Crippen LogP contribution in [0.3, 0.4) is 0 Å². The molecule has 0 aliphatic rings. The van der Waals surface area contributed by atoms with E-state index in [1.54, 1.807) is 25.4 Å². The van der Waals surface area contributed by atoms with Crippen molar-refractivity contribution in [3.05, 3.63) is 47.9 Å². The molecule has 0 radical (unpaired) electrons. The van der Waals surface area contributed by atoms with E-state index in [1.807, 2.05) is 6.07 Å². The second-order valence-corrected chi connectivity index (χ2v) is 3.96. The number of aromatic nitrogens is 2. The first-order valence-electron chi connectivity index (χ1n) is 5.92. The van der Waals surface area contributed by atoms with Gasteiger partial charge in [-0.3, -0.25) is 15.6 Å². The quantitative estimate of drug-likeness (QED) is 0.547. The number of methoxy groups -OCH3 is 1. The molecule has 0 aliphatic heterocycles. The van der Waals surface area contributed by atoms with Gasteiger partial charge < -0.3 is 15.5 Å². The Bertz CT molecular complexity index is 586. The van der Waals surface area contributed by atoms with Crippen LogP contribution in [0.5, 0.6) is 5.88 Å². The molecule has 1 amide bonds. The highest BCUT2D eigenvalue weighted by Gasteiger charge is 2.10. The maximum absolute atomic E-state index is 12.0. The van der Waals surface area contributed by atoms with Crippen molar-refractivity contribution in [3.8, 4) is 5.88 Å². The number of carbonyl (C=O) groups is 1. The van der Waals surface area contributed by atoms with Gasteiger partial charge in [0.1, 0.15) is 0 Å². The van der Waals surface area contributed by atoms with Crippen LogP contribution in [-0.4, -0.2) is 23.0 Å². The number of anilines is 1. The van der Waals surface area contributed by atoms with E-state index in [4.69, 9.17) is 10.6 Å². The third-order valence-electron chi connectivity index (χ3n) is 2.68. The summed E-state index contributed by atoms with van der Waals surface area (Å²) >= 11 is 0. The summed E-state index contributed by atoms with van der Waals surface area (Å²) in [5, 5.41) is 2.78. The zero-order chi connectivity index (χ0) is 14.4. The zero-order valence-corrected chi connectivity index (χ0v) is 11.0. The molecule has 104 valence electrons. The van der Waals surface area contributed by atoms with Crippen LogP contribution in [0.1, 0.15) is 15.9 Å². The maximum Gasteiger partial charge on any atom is 0.253 e. The molecule has 0 unspecified atom stereocenters. The van der Waals surface area contributed by atoms with Crippen molar-refractivity contribution in [2.45, 2.75) is 6.54 Å². The number of hydrogen-bond acceptors (Lipinski definition) is 6. The molecule has 2 aromatic rings. The van der Waals surface area contributed by atoms with Gasteiger partial charge in [0.05, 0.1) is 24.6 Å². The number of nitrogens with two attached hydrogens (primary N) is 1. The number of nitrogen functional groups attached to an aromatic ring is 1. The van der Waals surface area contributed by atoms with Gasteiger partial charge in [0.15, 0.2) is 0 Å². The molecule has 0 saturated heterocycles. The number of hydrogen-bond donors (Lipinski definition) is 3. The van der Waals surface area contributed by atoms with Gasteiger partial charge in [0.2, 0.25) is 5.88 Å². The average Bonchev–Trinajstić information content (AvgIpc) is 2.53. The van der Waals surface area contributed by atoms with Crippen LogP contribution in [-0.2, 0) is 6.54 Å². The number of ether oxygens (including phenoxy) is 1. The standard InChI is InChI=1S/C13H15N5O2/c1-20-12-3-2-9(6-16-12)7-17-13(19)10-4-5-15-8-11(10)18-14/h2-6,8,18H,7,14H2,1H3,(H,17,19). The number of pyridine rings is 2. The lowest BCUT2D eigenvalue weighted by Gasteiger charge is -2.09. The Balaban J connectivity index is 2.01. The molecule has 0 bridgehead atoms. The highest BCUT2D eigenvalue weighted by molar-refractivity contribution is 5.99. The maximum atomic E-state index is 12.0. The lowest BCUT2D eigenvalue weighted by molar-refractivity contribution is 0.0951. The van der Waals surface area contributed by atoms with Crippen LogP contribution >= 0.6 is 0 Å². The lowest BCUT2D eigenvalue weighted by atomic mass is 10.2. The van der Waals surface area contributed by atoms with Gasteiger partial charge in [-0.1, -0.05) is 6.07 Å². The van der Waals surface area contributed by atoms with Crippen LogP contribution in [0, 0.1) is 0 Å². The Labute approximate surface area is 116 Å². The molecular formula is C13H15N5O2. The van der Waals surface area contributed by atoms with Crippen molar-refractivity contribution in [2.75, 3.05) is 12.5 Å². The first-order valence-corrected chi connectivity index (χ1v) is 5.92. The number of hydrazine groups is 1. The van der Waals surface area contributed by atoms with Crippen LogP contribution in [0.4, 0.5) is 5.69 Å². The Hall–Kier alpha value is -2.67. The first-order chi connectivity index (χ1) is 9.74. The molecule has 2 aromatic heterocycles.